The molecule has 2 fully saturated rings. The zero-order chi connectivity index (χ0) is 13.0. The molecule has 0 spiro atoms. The van der Waals surface area contributed by atoms with Crippen LogP contribution >= 0.6 is 0 Å². The van der Waals surface area contributed by atoms with Crippen molar-refractivity contribution in [1.82, 2.24) is 9.80 Å². The van der Waals surface area contributed by atoms with Gasteiger partial charge in [0.2, 0.25) is 5.91 Å². The summed E-state index contributed by atoms with van der Waals surface area (Å²) in [5.74, 6) is 0.318. The van der Waals surface area contributed by atoms with Gasteiger partial charge < -0.3 is 9.64 Å². The van der Waals surface area contributed by atoms with Crippen molar-refractivity contribution in [2.24, 2.45) is 0 Å². The average molecular weight is 254 g/mol. The van der Waals surface area contributed by atoms with Crippen LogP contribution in [0.5, 0.6) is 0 Å². The minimum Gasteiger partial charge on any atom is -0.381 e. The highest BCUT2D eigenvalue weighted by atomic mass is 16.5. The number of piperidine rings is 2. The summed E-state index contributed by atoms with van der Waals surface area (Å²) < 4.78 is 5.36. The molecule has 2 rings (SSSR count). The Bertz CT molecular complexity index is 275. The molecule has 0 aromatic carbocycles. The van der Waals surface area contributed by atoms with Gasteiger partial charge in [-0.2, -0.15) is 0 Å². The van der Waals surface area contributed by atoms with E-state index >= 15 is 0 Å². The van der Waals surface area contributed by atoms with Gasteiger partial charge in [0.25, 0.3) is 0 Å². The van der Waals surface area contributed by atoms with Crippen molar-refractivity contribution < 1.29 is 9.53 Å². The monoisotopic (exact) mass is 254 g/mol. The third-order valence-electron chi connectivity index (χ3n) is 4.35. The number of carbonyl (C=O) groups excluding carboxylic acids is 1. The number of nitrogens with zero attached hydrogens (tertiary/aromatic N) is 2. The maximum Gasteiger partial charge on any atom is 0.236 e. The molecule has 2 aliphatic heterocycles. The zero-order valence-electron chi connectivity index (χ0n) is 11.7. The van der Waals surface area contributed by atoms with Gasteiger partial charge in [0.15, 0.2) is 0 Å². The van der Waals surface area contributed by atoms with Crippen molar-refractivity contribution in [3.63, 3.8) is 0 Å². The van der Waals surface area contributed by atoms with Crippen LogP contribution in [0, 0.1) is 0 Å². The van der Waals surface area contributed by atoms with Crippen molar-refractivity contribution in [2.75, 3.05) is 33.3 Å². The SMILES string of the molecule is COC1CCN(CC(=O)N2CCCCC2C)CC1. The molecule has 1 amide bonds. The molecule has 2 heterocycles. The van der Waals surface area contributed by atoms with Gasteiger partial charge >= 0.3 is 0 Å². The summed E-state index contributed by atoms with van der Waals surface area (Å²) in [6.07, 6.45) is 6.10. The van der Waals surface area contributed by atoms with Crippen LogP contribution in [0.3, 0.4) is 0 Å². The first-order valence-corrected chi connectivity index (χ1v) is 7.25. The number of amides is 1. The van der Waals surface area contributed by atoms with Crippen LogP contribution in [0.1, 0.15) is 39.0 Å². The molecule has 0 bridgehead atoms. The first-order chi connectivity index (χ1) is 8.70. The maximum atomic E-state index is 12.3. The molecule has 0 N–H and O–H groups in total. The molecule has 0 radical (unpaired) electrons. The predicted octanol–water partition coefficient (Wildman–Crippen LogP) is 1.50. The standard InChI is InChI=1S/C14H26N2O2/c1-12-5-3-4-8-16(12)14(17)11-15-9-6-13(18-2)7-10-15/h12-13H,3-11H2,1-2H3. The summed E-state index contributed by atoms with van der Waals surface area (Å²) in [4.78, 5) is 16.6. The van der Waals surface area contributed by atoms with E-state index in [1.54, 1.807) is 7.11 Å². The van der Waals surface area contributed by atoms with Gasteiger partial charge in [-0.25, -0.2) is 0 Å². The molecule has 0 aromatic heterocycles. The molecular formula is C14H26N2O2. The van der Waals surface area contributed by atoms with Crippen LogP contribution in [-0.2, 0) is 9.53 Å². The third kappa shape index (κ3) is 3.45. The first-order valence-electron chi connectivity index (χ1n) is 7.25. The lowest BCUT2D eigenvalue weighted by Crippen LogP contribution is -2.48. The van der Waals surface area contributed by atoms with Crippen LogP contribution in [-0.4, -0.2) is 61.1 Å². The lowest BCUT2D eigenvalue weighted by molar-refractivity contribution is -0.136. The number of hydrogen-bond donors (Lipinski definition) is 0. The minimum atomic E-state index is 0.318. The van der Waals surface area contributed by atoms with E-state index in [9.17, 15) is 4.79 Å². The number of hydrogen-bond acceptors (Lipinski definition) is 3. The van der Waals surface area contributed by atoms with Crippen molar-refractivity contribution in [3.05, 3.63) is 0 Å². The van der Waals surface area contributed by atoms with Gasteiger partial charge in [0, 0.05) is 32.8 Å². The van der Waals surface area contributed by atoms with Gasteiger partial charge in [-0.05, 0) is 39.0 Å². The molecule has 0 saturated carbocycles. The second-order valence-electron chi connectivity index (χ2n) is 5.64. The normalized spacial score (nSPS) is 27.4. The molecular weight excluding hydrogens is 228 g/mol. The summed E-state index contributed by atoms with van der Waals surface area (Å²) >= 11 is 0. The highest BCUT2D eigenvalue weighted by Crippen LogP contribution is 2.18. The molecule has 4 heteroatoms. The number of carbonyl (C=O) groups is 1. The van der Waals surface area contributed by atoms with E-state index in [0.29, 0.717) is 24.6 Å². The van der Waals surface area contributed by atoms with E-state index in [1.165, 1.54) is 12.8 Å². The molecule has 4 nitrogen and oxygen atoms in total. The third-order valence-corrected chi connectivity index (χ3v) is 4.35. The summed E-state index contributed by atoms with van der Waals surface area (Å²) in [6.45, 7) is 5.71. The Morgan fingerprint density at radius 2 is 1.89 bits per heavy atom. The molecule has 1 unspecified atom stereocenters. The van der Waals surface area contributed by atoms with E-state index in [0.717, 1.165) is 38.9 Å². The maximum absolute atomic E-state index is 12.3. The van der Waals surface area contributed by atoms with Crippen LogP contribution in [0.2, 0.25) is 0 Å². The van der Waals surface area contributed by atoms with Crippen LogP contribution < -0.4 is 0 Å². The number of likely N-dealkylation sites (tertiary alicyclic amines) is 2. The van der Waals surface area contributed by atoms with Crippen LogP contribution in [0.4, 0.5) is 0 Å². The lowest BCUT2D eigenvalue weighted by atomic mass is 10.0. The predicted molar refractivity (Wildman–Crippen MR) is 71.5 cm³/mol. The van der Waals surface area contributed by atoms with Crippen LogP contribution in [0.25, 0.3) is 0 Å². The van der Waals surface area contributed by atoms with E-state index in [-0.39, 0.29) is 0 Å². The fourth-order valence-corrected chi connectivity index (χ4v) is 3.05. The Balaban J connectivity index is 1.77. The molecule has 0 aliphatic carbocycles. The molecule has 2 aliphatic rings. The second-order valence-corrected chi connectivity index (χ2v) is 5.64. The average Bonchev–Trinajstić information content (AvgIpc) is 2.40. The highest BCUT2D eigenvalue weighted by Gasteiger charge is 2.26. The molecule has 1 atom stereocenters. The smallest absolute Gasteiger partial charge is 0.236 e. The summed E-state index contributed by atoms with van der Waals surface area (Å²) in [5, 5.41) is 0. The number of rotatable bonds is 3. The van der Waals surface area contributed by atoms with Crippen LogP contribution in [0.15, 0.2) is 0 Å². The fraction of sp³-hybridized carbons (Fsp3) is 0.929. The van der Waals surface area contributed by atoms with Gasteiger partial charge in [0.05, 0.1) is 12.6 Å². The molecule has 104 valence electrons. The Morgan fingerprint density at radius 3 is 2.50 bits per heavy atom. The lowest BCUT2D eigenvalue weighted by Gasteiger charge is -2.36. The van der Waals surface area contributed by atoms with E-state index in [4.69, 9.17) is 4.74 Å². The van der Waals surface area contributed by atoms with Crippen molar-refractivity contribution in [1.29, 1.82) is 0 Å². The summed E-state index contributed by atoms with van der Waals surface area (Å²) in [5.41, 5.74) is 0. The second kappa shape index (κ2) is 6.53. The van der Waals surface area contributed by atoms with Gasteiger partial charge in [-0.3, -0.25) is 9.69 Å². The Morgan fingerprint density at radius 1 is 1.17 bits per heavy atom. The first kappa shape index (κ1) is 13.8. The van der Waals surface area contributed by atoms with Crippen molar-refractivity contribution in [2.45, 2.75) is 51.2 Å². The Labute approximate surface area is 110 Å². The molecule has 18 heavy (non-hydrogen) atoms. The Kier molecular flexibility index (Phi) is 5.01. The largest absolute Gasteiger partial charge is 0.381 e. The number of methoxy groups -OCH3 is 1. The quantitative estimate of drug-likeness (QED) is 0.765. The zero-order valence-corrected chi connectivity index (χ0v) is 11.7. The Hall–Kier alpha value is -0.610. The molecule has 2 saturated heterocycles. The highest BCUT2D eigenvalue weighted by molar-refractivity contribution is 5.78. The van der Waals surface area contributed by atoms with Crippen molar-refractivity contribution >= 4 is 5.91 Å². The van der Waals surface area contributed by atoms with Gasteiger partial charge in [-0.1, -0.05) is 0 Å². The summed E-state index contributed by atoms with van der Waals surface area (Å²) in [7, 11) is 1.78. The van der Waals surface area contributed by atoms with E-state index in [2.05, 4.69) is 16.7 Å². The molecule has 0 aromatic rings. The number of ether oxygens (including phenoxy) is 1. The fourth-order valence-electron chi connectivity index (χ4n) is 3.05. The van der Waals surface area contributed by atoms with E-state index < -0.39 is 0 Å². The van der Waals surface area contributed by atoms with Crippen molar-refractivity contribution in [3.8, 4) is 0 Å². The topological polar surface area (TPSA) is 32.8 Å². The van der Waals surface area contributed by atoms with Gasteiger partial charge in [0.1, 0.15) is 0 Å². The van der Waals surface area contributed by atoms with Gasteiger partial charge in [-0.15, -0.1) is 0 Å². The van der Waals surface area contributed by atoms with E-state index in [1.807, 2.05) is 0 Å². The summed E-state index contributed by atoms with van der Waals surface area (Å²) in [6, 6.07) is 0.433. The minimum absolute atomic E-state index is 0.318.